The highest BCUT2D eigenvalue weighted by Crippen LogP contribution is 2.22. The average Bonchev–Trinajstić information content (AvgIpc) is 2.57. The second kappa shape index (κ2) is 7.98. The maximum absolute atomic E-state index is 12.4. The molecule has 4 heteroatoms. The number of anilines is 1. The summed E-state index contributed by atoms with van der Waals surface area (Å²) in [5.41, 5.74) is 3.63. The second-order valence-electron chi connectivity index (χ2n) is 5.39. The van der Waals surface area contributed by atoms with E-state index in [9.17, 15) is 10.1 Å². The van der Waals surface area contributed by atoms with Crippen LogP contribution >= 0.6 is 0 Å². The Hall–Kier alpha value is -3.06. The van der Waals surface area contributed by atoms with Gasteiger partial charge in [-0.1, -0.05) is 24.3 Å². The molecule has 1 N–H and O–H groups in total. The van der Waals surface area contributed by atoms with E-state index in [-0.39, 0.29) is 5.57 Å². The van der Waals surface area contributed by atoms with E-state index in [2.05, 4.69) is 5.32 Å². The first-order valence-corrected chi connectivity index (χ1v) is 7.77. The van der Waals surface area contributed by atoms with Crippen LogP contribution in [-0.4, -0.2) is 12.5 Å². The molecule has 0 fully saturated rings. The van der Waals surface area contributed by atoms with E-state index in [0.717, 1.165) is 11.1 Å². The fourth-order valence-corrected chi connectivity index (χ4v) is 2.21. The summed E-state index contributed by atoms with van der Waals surface area (Å²) in [5, 5.41) is 12.1. The molecule has 0 aromatic heterocycles. The molecule has 2 aromatic carbocycles. The molecule has 1 amide bonds. The number of ether oxygens (including phenoxy) is 1. The quantitative estimate of drug-likeness (QED) is 0.662. The summed E-state index contributed by atoms with van der Waals surface area (Å²) in [6, 6.07) is 14.9. The Kier molecular flexibility index (Phi) is 5.75. The molecule has 2 aromatic rings. The molecule has 0 aliphatic rings. The predicted octanol–water partition coefficient (Wildman–Crippen LogP) is 4.25. The molecule has 0 saturated heterocycles. The number of benzene rings is 2. The van der Waals surface area contributed by atoms with Crippen molar-refractivity contribution in [1.29, 1.82) is 5.26 Å². The van der Waals surface area contributed by atoms with Gasteiger partial charge in [0.15, 0.2) is 0 Å². The molecule has 0 unspecified atom stereocenters. The molecule has 122 valence electrons. The number of nitrogens with zero attached hydrogens (tertiary/aromatic N) is 1. The zero-order valence-electron chi connectivity index (χ0n) is 14.1. The summed E-state index contributed by atoms with van der Waals surface area (Å²) >= 11 is 0. The summed E-state index contributed by atoms with van der Waals surface area (Å²) in [6.45, 7) is 6.39. The van der Waals surface area contributed by atoms with Gasteiger partial charge in [-0.05, 0) is 56.2 Å². The van der Waals surface area contributed by atoms with Crippen molar-refractivity contribution >= 4 is 17.7 Å². The molecule has 0 bridgehead atoms. The minimum atomic E-state index is -0.438. The first-order chi connectivity index (χ1) is 11.5. The van der Waals surface area contributed by atoms with Crippen LogP contribution in [0.15, 0.2) is 48.0 Å². The maximum atomic E-state index is 12.4. The van der Waals surface area contributed by atoms with Gasteiger partial charge in [0, 0.05) is 11.3 Å². The number of rotatable bonds is 5. The number of nitrogens with one attached hydrogen (secondary N) is 1. The molecule has 0 atom stereocenters. The Morgan fingerprint density at radius 3 is 2.62 bits per heavy atom. The van der Waals surface area contributed by atoms with Crippen LogP contribution in [0.5, 0.6) is 5.75 Å². The van der Waals surface area contributed by atoms with Gasteiger partial charge in [0.2, 0.25) is 0 Å². The van der Waals surface area contributed by atoms with Crippen molar-refractivity contribution < 1.29 is 9.53 Å². The first-order valence-electron chi connectivity index (χ1n) is 7.77. The highest BCUT2D eigenvalue weighted by molar-refractivity contribution is 6.09. The Labute approximate surface area is 142 Å². The standard InChI is InChI=1S/C20H20N2O2/c1-4-24-19-8-6-5-7-16(19)12-17(13-21)20(23)22-18-10-9-14(2)15(3)11-18/h5-12H,4H2,1-3H3,(H,22,23)/b17-12+. The van der Waals surface area contributed by atoms with Gasteiger partial charge in [-0.25, -0.2) is 0 Å². The molecule has 2 rings (SSSR count). The highest BCUT2D eigenvalue weighted by Gasteiger charge is 2.11. The lowest BCUT2D eigenvalue weighted by molar-refractivity contribution is -0.112. The molecule has 0 saturated carbocycles. The van der Waals surface area contributed by atoms with Gasteiger partial charge in [0.1, 0.15) is 17.4 Å². The van der Waals surface area contributed by atoms with Crippen LogP contribution in [0.4, 0.5) is 5.69 Å². The SMILES string of the molecule is CCOc1ccccc1/C=C(\C#N)C(=O)Nc1ccc(C)c(C)c1. The number of hydrogen-bond donors (Lipinski definition) is 1. The van der Waals surface area contributed by atoms with Crippen LogP contribution in [-0.2, 0) is 4.79 Å². The van der Waals surface area contributed by atoms with Crippen molar-refractivity contribution in [3.05, 3.63) is 64.7 Å². The van der Waals surface area contributed by atoms with Gasteiger partial charge in [-0.3, -0.25) is 4.79 Å². The molecule has 0 aliphatic heterocycles. The van der Waals surface area contributed by atoms with Gasteiger partial charge >= 0.3 is 0 Å². The number of carbonyl (C=O) groups is 1. The molecule has 0 aliphatic carbocycles. The van der Waals surface area contributed by atoms with E-state index in [4.69, 9.17) is 4.74 Å². The van der Waals surface area contributed by atoms with E-state index in [1.807, 2.05) is 69.3 Å². The van der Waals surface area contributed by atoms with Crippen LogP contribution in [0.1, 0.15) is 23.6 Å². The smallest absolute Gasteiger partial charge is 0.266 e. The van der Waals surface area contributed by atoms with Crippen molar-refractivity contribution in [3.63, 3.8) is 0 Å². The van der Waals surface area contributed by atoms with Gasteiger partial charge in [0.25, 0.3) is 5.91 Å². The monoisotopic (exact) mass is 320 g/mol. The molecule has 0 spiro atoms. The maximum Gasteiger partial charge on any atom is 0.266 e. The normalized spacial score (nSPS) is 10.8. The number of hydrogen-bond acceptors (Lipinski definition) is 3. The first kappa shape index (κ1) is 17.3. The Balaban J connectivity index is 2.26. The van der Waals surface area contributed by atoms with Crippen LogP contribution < -0.4 is 10.1 Å². The summed E-state index contributed by atoms with van der Waals surface area (Å²) in [6.07, 6.45) is 1.54. The van der Waals surface area contributed by atoms with E-state index < -0.39 is 5.91 Å². The molecule has 0 radical (unpaired) electrons. The van der Waals surface area contributed by atoms with E-state index >= 15 is 0 Å². The Bertz CT molecular complexity index is 817. The molecule has 4 nitrogen and oxygen atoms in total. The summed E-state index contributed by atoms with van der Waals surface area (Å²) < 4.78 is 5.52. The third-order valence-corrected chi connectivity index (χ3v) is 3.65. The number of nitriles is 1. The Morgan fingerprint density at radius 1 is 1.21 bits per heavy atom. The Morgan fingerprint density at radius 2 is 1.96 bits per heavy atom. The van der Waals surface area contributed by atoms with Crippen LogP contribution in [0.2, 0.25) is 0 Å². The molecular formula is C20H20N2O2. The molecule has 24 heavy (non-hydrogen) atoms. The summed E-state index contributed by atoms with van der Waals surface area (Å²) in [4.78, 5) is 12.4. The van der Waals surface area contributed by atoms with Gasteiger partial charge < -0.3 is 10.1 Å². The van der Waals surface area contributed by atoms with Crippen molar-refractivity contribution in [2.45, 2.75) is 20.8 Å². The average molecular weight is 320 g/mol. The van der Waals surface area contributed by atoms with Gasteiger partial charge in [0.05, 0.1) is 6.61 Å². The lowest BCUT2D eigenvalue weighted by Crippen LogP contribution is -2.13. The number of aryl methyl sites for hydroxylation is 2. The predicted molar refractivity (Wildman–Crippen MR) is 95.7 cm³/mol. The van der Waals surface area contributed by atoms with E-state index in [0.29, 0.717) is 23.6 Å². The van der Waals surface area contributed by atoms with Crippen LogP contribution in [0, 0.1) is 25.2 Å². The summed E-state index contributed by atoms with van der Waals surface area (Å²) in [5.74, 6) is 0.207. The number of para-hydroxylation sites is 1. The van der Waals surface area contributed by atoms with Crippen molar-refractivity contribution in [3.8, 4) is 11.8 Å². The van der Waals surface area contributed by atoms with Gasteiger partial charge in [-0.2, -0.15) is 5.26 Å². The molecule has 0 heterocycles. The third kappa shape index (κ3) is 4.23. The van der Waals surface area contributed by atoms with E-state index in [1.54, 1.807) is 6.08 Å². The molecular weight excluding hydrogens is 300 g/mol. The minimum absolute atomic E-state index is 0.0281. The lowest BCUT2D eigenvalue weighted by Gasteiger charge is -2.09. The van der Waals surface area contributed by atoms with Crippen LogP contribution in [0.3, 0.4) is 0 Å². The van der Waals surface area contributed by atoms with E-state index in [1.165, 1.54) is 0 Å². The fraction of sp³-hybridized carbons (Fsp3) is 0.200. The largest absolute Gasteiger partial charge is 0.493 e. The lowest BCUT2D eigenvalue weighted by atomic mass is 10.1. The second-order valence-corrected chi connectivity index (χ2v) is 5.39. The highest BCUT2D eigenvalue weighted by atomic mass is 16.5. The van der Waals surface area contributed by atoms with Gasteiger partial charge in [-0.15, -0.1) is 0 Å². The van der Waals surface area contributed by atoms with Crippen molar-refractivity contribution in [1.82, 2.24) is 0 Å². The summed E-state index contributed by atoms with van der Waals surface area (Å²) in [7, 11) is 0. The minimum Gasteiger partial charge on any atom is -0.493 e. The van der Waals surface area contributed by atoms with Crippen molar-refractivity contribution in [2.24, 2.45) is 0 Å². The zero-order valence-corrected chi connectivity index (χ0v) is 14.1. The fourth-order valence-electron chi connectivity index (χ4n) is 2.21. The number of amides is 1. The van der Waals surface area contributed by atoms with Crippen molar-refractivity contribution in [2.75, 3.05) is 11.9 Å². The van der Waals surface area contributed by atoms with Crippen LogP contribution in [0.25, 0.3) is 6.08 Å². The third-order valence-electron chi connectivity index (χ3n) is 3.65. The zero-order chi connectivity index (χ0) is 17.5. The number of carbonyl (C=O) groups excluding carboxylic acids is 1. The topological polar surface area (TPSA) is 62.1 Å².